The molecule has 1 aromatic heterocycles. The number of hydrogen-bond donors (Lipinski definition) is 0. The molecule has 0 radical (unpaired) electrons. The summed E-state index contributed by atoms with van der Waals surface area (Å²) in [4.78, 5) is 12.0. The van der Waals surface area contributed by atoms with Gasteiger partial charge in [-0.15, -0.1) is 12.4 Å². The number of benzene rings is 1. The molecule has 3 heterocycles. The van der Waals surface area contributed by atoms with Crippen LogP contribution >= 0.6 is 24.0 Å². The van der Waals surface area contributed by atoms with Crippen LogP contribution in [-0.2, 0) is 17.3 Å². The molecule has 0 saturated carbocycles. The third kappa shape index (κ3) is 6.04. The van der Waals surface area contributed by atoms with Gasteiger partial charge in [-0.05, 0) is 43.9 Å². The number of rotatable bonds is 4. The molecule has 176 valence electrons. The van der Waals surface area contributed by atoms with Crippen LogP contribution in [0.25, 0.3) is 0 Å². The van der Waals surface area contributed by atoms with Crippen LogP contribution in [0.1, 0.15) is 31.0 Å². The first-order valence-corrected chi connectivity index (χ1v) is 10.9. The van der Waals surface area contributed by atoms with E-state index in [4.69, 9.17) is 16.3 Å². The van der Waals surface area contributed by atoms with Gasteiger partial charge in [-0.1, -0.05) is 23.7 Å². The van der Waals surface area contributed by atoms with Gasteiger partial charge in [0, 0.05) is 36.7 Å². The second kappa shape index (κ2) is 10.5. The van der Waals surface area contributed by atoms with Gasteiger partial charge in [0.05, 0.1) is 25.1 Å². The predicted octanol–water partition coefficient (Wildman–Crippen LogP) is 4.87. The molecule has 4 rings (SSSR count). The number of piperidine rings is 1. The smallest absolute Gasteiger partial charge is 0.376 e. The van der Waals surface area contributed by atoms with Crippen molar-refractivity contribution in [1.82, 2.24) is 14.9 Å². The first-order chi connectivity index (χ1) is 14.8. The average molecular weight is 491 g/mol. The maximum atomic E-state index is 13.0. The third-order valence-electron chi connectivity index (χ3n) is 6.06. The second-order valence-corrected chi connectivity index (χ2v) is 8.74. The molecule has 0 amide bonds. The summed E-state index contributed by atoms with van der Waals surface area (Å²) < 4.78 is 44.9. The molecule has 2 aliphatic rings. The normalized spacial score (nSPS) is 23.1. The highest BCUT2D eigenvalue weighted by atomic mass is 35.5. The van der Waals surface area contributed by atoms with E-state index < -0.39 is 11.9 Å². The number of halogens is 5. The monoisotopic (exact) mass is 490 g/mol. The average Bonchev–Trinajstić information content (AvgIpc) is 2.76. The summed E-state index contributed by atoms with van der Waals surface area (Å²) in [7, 11) is 0. The first-order valence-electron chi connectivity index (χ1n) is 10.6. The fraction of sp³-hybridized carbons (Fsp3) is 0.545. The standard InChI is InChI=1S/C22H26ClF3N4O.ClH/c1-15-13-30(19(14-31-15)10-16-2-4-17(23)5-3-16)18-6-8-29(9-7-18)21-12-27-11-20(28-21)22(24,25)26;/h2-5,11-12,15,18-19H,6-10,13-14H2,1H3;1H/t15-,19-;/m0./s1. The Kier molecular flexibility index (Phi) is 8.25. The van der Waals surface area contributed by atoms with Crippen LogP contribution < -0.4 is 4.90 Å². The van der Waals surface area contributed by atoms with Crippen molar-refractivity contribution in [2.24, 2.45) is 0 Å². The van der Waals surface area contributed by atoms with Crippen molar-refractivity contribution in [2.75, 3.05) is 31.1 Å². The largest absolute Gasteiger partial charge is 0.434 e. The predicted molar refractivity (Wildman–Crippen MR) is 121 cm³/mol. The molecule has 2 atom stereocenters. The Morgan fingerprint density at radius 2 is 1.81 bits per heavy atom. The molecule has 10 heteroatoms. The number of hydrogen-bond acceptors (Lipinski definition) is 5. The van der Waals surface area contributed by atoms with E-state index in [1.165, 1.54) is 11.8 Å². The maximum Gasteiger partial charge on any atom is 0.434 e. The number of alkyl halides is 3. The Balaban J connectivity index is 0.00000289. The molecule has 2 aromatic rings. The van der Waals surface area contributed by atoms with Crippen LogP contribution in [0.2, 0.25) is 5.02 Å². The van der Waals surface area contributed by atoms with Gasteiger partial charge in [-0.25, -0.2) is 4.98 Å². The van der Waals surface area contributed by atoms with Gasteiger partial charge in [-0.3, -0.25) is 9.88 Å². The Bertz CT molecular complexity index is 876. The number of morpholine rings is 1. The molecule has 0 bridgehead atoms. The molecule has 0 spiro atoms. The lowest BCUT2D eigenvalue weighted by atomic mass is 9.96. The quantitative estimate of drug-likeness (QED) is 0.611. The molecular formula is C22H27Cl2F3N4O. The van der Waals surface area contributed by atoms with Crippen molar-refractivity contribution in [3.8, 4) is 0 Å². The Hall–Kier alpha value is -1.61. The van der Waals surface area contributed by atoms with E-state index in [1.807, 2.05) is 29.2 Å². The van der Waals surface area contributed by atoms with Crippen LogP contribution in [0.15, 0.2) is 36.7 Å². The SMILES string of the molecule is C[C@H]1CN(C2CCN(c3cncc(C(F)(F)F)n3)CC2)[C@@H](Cc2ccc(Cl)cc2)CO1.Cl. The van der Waals surface area contributed by atoms with Crippen LogP contribution in [0.4, 0.5) is 19.0 Å². The minimum Gasteiger partial charge on any atom is -0.376 e. The molecule has 0 aliphatic carbocycles. The fourth-order valence-corrected chi connectivity index (χ4v) is 4.58. The minimum absolute atomic E-state index is 0. The summed E-state index contributed by atoms with van der Waals surface area (Å²) in [5.74, 6) is 0.293. The zero-order valence-corrected chi connectivity index (χ0v) is 19.3. The second-order valence-electron chi connectivity index (χ2n) is 8.30. The number of anilines is 1. The van der Waals surface area contributed by atoms with E-state index in [9.17, 15) is 13.2 Å². The maximum absolute atomic E-state index is 13.0. The molecule has 0 unspecified atom stereocenters. The van der Waals surface area contributed by atoms with E-state index in [1.54, 1.807) is 0 Å². The minimum atomic E-state index is -4.49. The number of nitrogens with zero attached hydrogens (tertiary/aromatic N) is 4. The van der Waals surface area contributed by atoms with Crippen LogP contribution in [0.5, 0.6) is 0 Å². The Morgan fingerprint density at radius 3 is 2.47 bits per heavy atom. The highest BCUT2D eigenvalue weighted by Crippen LogP contribution is 2.30. The molecule has 32 heavy (non-hydrogen) atoms. The Morgan fingerprint density at radius 1 is 1.12 bits per heavy atom. The van der Waals surface area contributed by atoms with Crippen molar-refractivity contribution in [3.63, 3.8) is 0 Å². The third-order valence-corrected chi connectivity index (χ3v) is 6.32. The lowest BCUT2D eigenvalue weighted by molar-refractivity contribution is -0.141. The zero-order valence-electron chi connectivity index (χ0n) is 17.8. The van der Waals surface area contributed by atoms with Crippen LogP contribution in [-0.4, -0.2) is 59.3 Å². The summed E-state index contributed by atoms with van der Waals surface area (Å²) >= 11 is 6.01. The van der Waals surface area contributed by atoms with E-state index in [-0.39, 0.29) is 24.6 Å². The fourth-order valence-electron chi connectivity index (χ4n) is 4.46. The van der Waals surface area contributed by atoms with Crippen LogP contribution in [0.3, 0.4) is 0 Å². The van der Waals surface area contributed by atoms with Crippen molar-refractivity contribution in [2.45, 2.75) is 50.6 Å². The van der Waals surface area contributed by atoms with E-state index >= 15 is 0 Å². The summed E-state index contributed by atoms with van der Waals surface area (Å²) in [6.45, 7) is 4.91. The van der Waals surface area contributed by atoms with Gasteiger partial charge in [0.15, 0.2) is 5.69 Å². The molecular weight excluding hydrogens is 464 g/mol. The molecule has 5 nitrogen and oxygen atoms in total. The lowest BCUT2D eigenvalue weighted by Crippen LogP contribution is -2.56. The number of aromatic nitrogens is 2. The highest BCUT2D eigenvalue weighted by molar-refractivity contribution is 6.30. The van der Waals surface area contributed by atoms with Gasteiger partial charge < -0.3 is 9.64 Å². The van der Waals surface area contributed by atoms with Gasteiger partial charge in [0.1, 0.15) is 5.82 Å². The summed E-state index contributed by atoms with van der Waals surface area (Å²) in [5.41, 5.74) is 0.270. The molecule has 2 saturated heterocycles. The van der Waals surface area contributed by atoms with Gasteiger partial charge in [0.25, 0.3) is 0 Å². The molecule has 1 aromatic carbocycles. The lowest BCUT2D eigenvalue weighted by Gasteiger charge is -2.46. The summed E-state index contributed by atoms with van der Waals surface area (Å²) in [6, 6.07) is 8.53. The number of ether oxygens (including phenoxy) is 1. The Labute approximate surface area is 197 Å². The highest BCUT2D eigenvalue weighted by Gasteiger charge is 2.36. The van der Waals surface area contributed by atoms with Crippen molar-refractivity contribution >= 4 is 29.8 Å². The molecule has 0 N–H and O–H groups in total. The van der Waals surface area contributed by atoms with Crippen molar-refractivity contribution in [1.29, 1.82) is 0 Å². The van der Waals surface area contributed by atoms with Gasteiger partial charge in [0.2, 0.25) is 0 Å². The summed E-state index contributed by atoms with van der Waals surface area (Å²) in [5, 5.41) is 0.721. The van der Waals surface area contributed by atoms with E-state index in [0.29, 0.717) is 31.6 Å². The van der Waals surface area contributed by atoms with Gasteiger partial charge >= 0.3 is 6.18 Å². The topological polar surface area (TPSA) is 41.5 Å². The molecule has 2 fully saturated rings. The van der Waals surface area contributed by atoms with Crippen molar-refractivity contribution in [3.05, 3.63) is 52.9 Å². The van der Waals surface area contributed by atoms with E-state index in [0.717, 1.165) is 37.0 Å². The van der Waals surface area contributed by atoms with Crippen LogP contribution in [0, 0.1) is 0 Å². The van der Waals surface area contributed by atoms with Crippen molar-refractivity contribution < 1.29 is 17.9 Å². The first kappa shape index (κ1) is 25.0. The molecule has 2 aliphatic heterocycles. The summed E-state index contributed by atoms with van der Waals surface area (Å²) in [6.07, 6.45) is 0.462. The zero-order chi connectivity index (χ0) is 22.0. The van der Waals surface area contributed by atoms with Gasteiger partial charge in [-0.2, -0.15) is 13.2 Å². The van der Waals surface area contributed by atoms with E-state index in [2.05, 4.69) is 21.8 Å².